The van der Waals surface area contributed by atoms with E-state index in [2.05, 4.69) is 36.6 Å². The topological polar surface area (TPSA) is 41.1 Å². The van der Waals surface area contributed by atoms with Crippen LogP contribution in [0.25, 0.3) is 0 Å². The molecule has 0 heterocycles. The van der Waals surface area contributed by atoms with E-state index >= 15 is 0 Å². The first-order valence-electron chi connectivity index (χ1n) is 8.35. The molecule has 0 aliphatic rings. The van der Waals surface area contributed by atoms with Gasteiger partial charge in [-0.15, -0.1) is 0 Å². The predicted octanol–water partition coefficient (Wildman–Crippen LogP) is 4.49. The first-order chi connectivity index (χ1) is 10.3. The van der Waals surface area contributed by atoms with E-state index < -0.39 is 0 Å². The normalized spacial score (nSPS) is 10.6. The highest BCUT2D eigenvalue weighted by molar-refractivity contribution is 5.90. The zero-order valence-electron chi connectivity index (χ0n) is 13.6. The van der Waals surface area contributed by atoms with Crippen molar-refractivity contribution in [2.24, 2.45) is 0 Å². The van der Waals surface area contributed by atoms with E-state index in [-0.39, 0.29) is 5.91 Å². The molecule has 0 fully saturated rings. The van der Waals surface area contributed by atoms with Gasteiger partial charge in [0.1, 0.15) is 0 Å². The number of carbonyl (C=O) groups is 1. The Morgan fingerprint density at radius 1 is 1.05 bits per heavy atom. The van der Waals surface area contributed by atoms with E-state index in [1.54, 1.807) is 0 Å². The van der Waals surface area contributed by atoms with Gasteiger partial charge >= 0.3 is 0 Å². The first-order valence-corrected chi connectivity index (χ1v) is 8.35. The van der Waals surface area contributed by atoms with Crippen molar-refractivity contribution in [1.29, 1.82) is 0 Å². The summed E-state index contributed by atoms with van der Waals surface area (Å²) in [6, 6.07) is 8.10. The van der Waals surface area contributed by atoms with Crippen molar-refractivity contribution in [3.05, 3.63) is 29.8 Å². The summed E-state index contributed by atoms with van der Waals surface area (Å²) < 4.78 is 0. The summed E-state index contributed by atoms with van der Waals surface area (Å²) in [5.41, 5.74) is 2.12. The minimum Gasteiger partial charge on any atom is -0.326 e. The number of unbranched alkanes of at least 4 members (excludes halogenated alkanes) is 4. The van der Waals surface area contributed by atoms with Crippen molar-refractivity contribution >= 4 is 11.6 Å². The van der Waals surface area contributed by atoms with Crippen LogP contribution in [0.5, 0.6) is 0 Å². The molecule has 0 bridgehead atoms. The molecule has 0 saturated heterocycles. The van der Waals surface area contributed by atoms with Crippen LogP contribution in [0.3, 0.4) is 0 Å². The maximum absolute atomic E-state index is 11.9. The van der Waals surface area contributed by atoms with E-state index in [1.165, 1.54) is 24.8 Å². The Bertz CT molecular complexity index is 404. The molecule has 3 nitrogen and oxygen atoms in total. The maximum atomic E-state index is 11.9. The molecule has 0 spiro atoms. The van der Waals surface area contributed by atoms with Crippen molar-refractivity contribution in [1.82, 2.24) is 5.32 Å². The molecular weight excluding hydrogens is 260 g/mol. The smallest absolute Gasteiger partial charge is 0.224 e. The number of hydrogen-bond donors (Lipinski definition) is 2. The Morgan fingerprint density at radius 2 is 1.86 bits per heavy atom. The van der Waals surface area contributed by atoms with Gasteiger partial charge in [-0.1, -0.05) is 51.7 Å². The molecule has 0 saturated carbocycles. The van der Waals surface area contributed by atoms with Crippen molar-refractivity contribution in [2.75, 3.05) is 11.9 Å². The fraction of sp³-hybridized carbons (Fsp3) is 0.611. The summed E-state index contributed by atoms with van der Waals surface area (Å²) >= 11 is 0. The zero-order chi connectivity index (χ0) is 15.3. The average molecular weight is 290 g/mol. The van der Waals surface area contributed by atoms with E-state index in [0.717, 1.165) is 38.0 Å². The zero-order valence-corrected chi connectivity index (χ0v) is 13.6. The minimum atomic E-state index is 0.130. The van der Waals surface area contributed by atoms with Crippen LogP contribution >= 0.6 is 0 Å². The van der Waals surface area contributed by atoms with Gasteiger partial charge in [0.25, 0.3) is 0 Å². The molecule has 3 heteroatoms. The largest absolute Gasteiger partial charge is 0.326 e. The number of rotatable bonds is 11. The van der Waals surface area contributed by atoms with Crippen LogP contribution < -0.4 is 10.6 Å². The second-order valence-corrected chi connectivity index (χ2v) is 5.59. The first kappa shape index (κ1) is 17.7. The van der Waals surface area contributed by atoms with Crippen molar-refractivity contribution < 1.29 is 4.79 Å². The van der Waals surface area contributed by atoms with Crippen molar-refractivity contribution in [2.45, 2.75) is 65.3 Å². The van der Waals surface area contributed by atoms with Crippen molar-refractivity contribution in [3.63, 3.8) is 0 Å². The van der Waals surface area contributed by atoms with E-state index in [1.807, 2.05) is 12.1 Å². The monoisotopic (exact) mass is 290 g/mol. The highest BCUT2D eigenvalue weighted by atomic mass is 16.1. The molecule has 1 aromatic carbocycles. The van der Waals surface area contributed by atoms with Crippen LogP contribution in [0.1, 0.15) is 64.4 Å². The van der Waals surface area contributed by atoms with Crippen molar-refractivity contribution in [3.8, 4) is 0 Å². The summed E-state index contributed by atoms with van der Waals surface area (Å²) in [7, 11) is 0. The van der Waals surface area contributed by atoms with Crippen LogP contribution in [0, 0.1) is 0 Å². The van der Waals surface area contributed by atoms with Crippen LogP contribution in [0.2, 0.25) is 0 Å². The Balaban J connectivity index is 2.29. The molecular formula is C18H30N2O. The lowest BCUT2D eigenvalue weighted by atomic mass is 10.1. The summed E-state index contributed by atoms with van der Waals surface area (Å²) in [6.45, 7) is 6.24. The number of hydrogen-bond acceptors (Lipinski definition) is 2. The van der Waals surface area contributed by atoms with Gasteiger partial charge in [0, 0.05) is 18.7 Å². The van der Waals surface area contributed by atoms with Gasteiger partial charge in [-0.3, -0.25) is 4.79 Å². The number of anilines is 1. The molecule has 0 aliphatic carbocycles. The average Bonchev–Trinajstić information content (AvgIpc) is 2.48. The van der Waals surface area contributed by atoms with Gasteiger partial charge in [0.2, 0.25) is 5.91 Å². The van der Waals surface area contributed by atoms with Crippen LogP contribution in [-0.2, 0) is 11.3 Å². The lowest BCUT2D eigenvalue weighted by Gasteiger charge is -2.08. The Labute approximate surface area is 129 Å². The molecule has 1 aromatic rings. The number of amides is 1. The molecule has 21 heavy (non-hydrogen) atoms. The van der Waals surface area contributed by atoms with Crippen LogP contribution in [-0.4, -0.2) is 12.5 Å². The summed E-state index contributed by atoms with van der Waals surface area (Å²) in [5.74, 6) is 0.130. The third kappa shape index (κ3) is 8.51. The van der Waals surface area contributed by atoms with E-state index in [4.69, 9.17) is 0 Å². The SMILES string of the molecule is CCCCCCCC(=O)Nc1cccc(CNCCC)c1. The molecule has 2 N–H and O–H groups in total. The van der Waals surface area contributed by atoms with Crippen LogP contribution in [0.4, 0.5) is 5.69 Å². The molecule has 0 aliphatic heterocycles. The van der Waals surface area contributed by atoms with Gasteiger partial charge in [0.15, 0.2) is 0 Å². The Kier molecular flexibility index (Phi) is 9.55. The molecule has 118 valence electrons. The predicted molar refractivity (Wildman–Crippen MR) is 90.4 cm³/mol. The molecule has 1 rings (SSSR count). The van der Waals surface area contributed by atoms with E-state index in [9.17, 15) is 4.79 Å². The van der Waals surface area contributed by atoms with Crippen LogP contribution in [0.15, 0.2) is 24.3 Å². The van der Waals surface area contributed by atoms with Gasteiger partial charge < -0.3 is 10.6 Å². The molecule has 1 amide bonds. The number of nitrogens with one attached hydrogen (secondary N) is 2. The lowest BCUT2D eigenvalue weighted by Crippen LogP contribution is -2.14. The Hall–Kier alpha value is -1.35. The third-order valence-electron chi connectivity index (χ3n) is 3.47. The second kappa shape index (κ2) is 11.3. The van der Waals surface area contributed by atoms with Gasteiger partial charge in [0.05, 0.1) is 0 Å². The molecule has 0 atom stereocenters. The fourth-order valence-electron chi connectivity index (χ4n) is 2.28. The number of benzene rings is 1. The van der Waals surface area contributed by atoms with Gasteiger partial charge in [-0.25, -0.2) is 0 Å². The molecule has 0 aromatic heterocycles. The maximum Gasteiger partial charge on any atom is 0.224 e. The summed E-state index contributed by atoms with van der Waals surface area (Å²) in [5, 5.41) is 6.37. The highest BCUT2D eigenvalue weighted by Gasteiger charge is 2.03. The number of carbonyl (C=O) groups excluding carboxylic acids is 1. The standard InChI is InChI=1S/C18H30N2O/c1-3-5-6-7-8-12-18(21)20-17-11-9-10-16(14-17)15-19-13-4-2/h9-11,14,19H,3-8,12-13,15H2,1-2H3,(H,20,21). The second-order valence-electron chi connectivity index (χ2n) is 5.59. The summed E-state index contributed by atoms with van der Waals surface area (Å²) in [6.07, 6.45) is 7.66. The lowest BCUT2D eigenvalue weighted by molar-refractivity contribution is -0.116. The fourth-order valence-corrected chi connectivity index (χ4v) is 2.28. The molecule has 0 radical (unpaired) electrons. The molecule has 0 unspecified atom stereocenters. The van der Waals surface area contributed by atoms with Gasteiger partial charge in [-0.2, -0.15) is 0 Å². The summed E-state index contributed by atoms with van der Waals surface area (Å²) in [4.78, 5) is 11.9. The quantitative estimate of drug-likeness (QED) is 0.590. The third-order valence-corrected chi connectivity index (χ3v) is 3.47. The van der Waals surface area contributed by atoms with E-state index in [0.29, 0.717) is 6.42 Å². The minimum absolute atomic E-state index is 0.130. The van der Waals surface area contributed by atoms with Gasteiger partial charge in [-0.05, 0) is 37.1 Å². The Morgan fingerprint density at radius 3 is 2.62 bits per heavy atom. The highest BCUT2D eigenvalue weighted by Crippen LogP contribution is 2.12.